The van der Waals surface area contributed by atoms with Gasteiger partial charge < -0.3 is 9.72 Å². The van der Waals surface area contributed by atoms with Crippen LogP contribution >= 0.6 is 0 Å². The van der Waals surface area contributed by atoms with E-state index in [0.717, 1.165) is 28.6 Å². The van der Waals surface area contributed by atoms with Gasteiger partial charge in [-0.3, -0.25) is 4.79 Å². The Morgan fingerprint density at radius 1 is 0.879 bits per heavy atom. The second-order valence-electron chi connectivity index (χ2n) is 7.43. The molecular weight excluding hydrogens is 450 g/mol. The zero-order valence-corrected chi connectivity index (χ0v) is 18.4. The molecule has 0 saturated heterocycles. The number of halogens is 2. The number of hydrogen-bond donors (Lipinski definition) is 1. The summed E-state index contributed by atoms with van der Waals surface area (Å²) >= 11 is 0. The zero-order chi connectivity index (χ0) is 23.6. The molecule has 0 aliphatic heterocycles. The van der Waals surface area contributed by atoms with Gasteiger partial charge in [-0.2, -0.15) is 4.31 Å². The summed E-state index contributed by atoms with van der Waals surface area (Å²) in [6, 6.07) is 16.6. The van der Waals surface area contributed by atoms with Crippen molar-refractivity contribution in [2.24, 2.45) is 0 Å². The van der Waals surface area contributed by atoms with Crippen molar-refractivity contribution in [3.05, 3.63) is 106 Å². The third-order valence-corrected chi connectivity index (χ3v) is 7.00. The number of aromatic amines is 1. The van der Waals surface area contributed by atoms with Gasteiger partial charge >= 0.3 is 0 Å². The third-order valence-electron chi connectivity index (χ3n) is 5.20. The summed E-state index contributed by atoms with van der Waals surface area (Å²) in [5.74, 6) is -0.437. The van der Waals surface area contributed by atoms with E-state index in [1.807, 2.05) is 0 Å². The highest BCUT2D eigenvalue weighted by Crippen LogP contribution is 2.23. The first-order valence-corrected chi connectivity index (χ1v) is 11.4. The Bertz CT molecular complexity index is 1450. The largest absolute Gasteiger partial charge is 0.497 e. The fourth-order valence-corrected chi connectivity index (χ4v) is 4.85. The van der Waals surface area contributed by atoms with Gasteiger partial charge in [0.05, 0.1) is 12.0 Å². The van der Waals surface area contributed by atoms with Crippen molar-refractivity contribution in [3.63, 3.8) is 0 Å². The minimum absolute atomic E-state index is 0.115. The van der Waals surface area contributed by atoms with Crippen LogP contribution in [0.15, 0.2) is 82.5 Å². The van der Waals surface area contributed by atoms with Crippen LogP contribution in [0.1, 0.15) is 11.1 Å². The molecule has 9 heteroatoms. The molecule has 4 rings (SSSR count). The molecule has 170 valence electrons. The van der Waals surface area contributed by atoms with Crippen molar-refractivity contribution in [1.29, 1.82) is 0 Å². The van der Waals surface area contributed by atoms with Crippen LogP contribution in [-0.4, -0.2) is 24.8 Å². The highest BCUT2D eigenvalue weighted by Gasteiger charge is 2.26. The van der Waals surface area contributed by atoms with Gasteiger partial charge in [0.15, 0.2) is 0 Å². The summed E-state index contributed by atoms with van der Waals surface area (Å²) in [6.07, 6.45) is 0. The standard InChI is InChI=1S/C24H20F2N2O4S/c1-32-21-8-11-23-17(13-21)12-18(24(29)27-23)15-28(14-16-2-4-19(25)5-3-16)33(30,31)22-9-6-20(26)7-10-22/h2-13H,14-15H2,1H3,(H,27,29). The number of ether oxygens (including phenoxy) is 1. The predicted molar refractivity (Wildman–Crippen MR) is 120 cm³/mol. The Balaban J connectivity index is 1.77. The molecule has 0 aliphatic carbocycles. The minimum atomic E-state index is -4.11. The molecule has 33 heavy (non-hydrogen) atoms. The Morgan fingerprint density at radius 3 is 2.15 bits per heavy atom. The number of nitrogens with zero attached hydrogens (tertiary/aromatic N) is 1. The van der Waals surface area contributed by atoms with Gasteiger partial charge in [-0.15, -0.1) is 0 Å². The Kier molecular flexibility index (Phi) is 6.26. The maximum absolute atomic E-state index is 13.4. The van der Waals surface area contributed by atoms with Crippen LogP contribution in [0.2, 0.25) is 0 Å². The van der Waals surface area contributed by atoms with Crippen molar-refractivity contribution in [1.82, 2.24) is 9.29 Å². The van der Waals surface area contributed by atoms with E-state index >= 15 is 0 Å². The van der Waals surface area contributed by atoms with Crippen molar-refractivity contribution < 1.29 is 21.9 Å². The molecule has 0 fully saturated rings. The van der Waals surface area contributed by atoms with Gasteiger partial charge in [0.2, 0.25) is 10.0 Å². The first-order valence-electron chi connectivity index (χ1n) is 9.96. The van der Waals surface area contributed by atoms with E-state index < -0.39 is 27.2 Å². The summed E-state index contributed by atoms with van der Waals surface area (Å²) in [7, 11) is -2.59. The summed E-state index contributed by atoms with van der Waals surface area (Å²) < 4.78 is 59.8. The highest BCUT2D eigenvalue weighted by molar-refractivity contribution is 7.89. The first-order chi connectivity index (χ1) is 15.8. The van der Waals surface area contributed by atoms with E-state index in [9.17, 15) is 22.0 Å². The Labute approximate surface area is 189 Å². The fraction of sp³-hybridized carbons (Fsp3) is 0.125. The number of rotatable bonds is 7. The number of sulfonamides is 1. The van der Waals surface area contributed by atoms with Crippen molar-refractivity contribution in [2.75, 3.05) is 7.11 Å². The van der Waals surface area contributed by atoms with E-state index in [1.54, 1.807) is 24.3 Å². The molecule has 4 aromatic rings. The number of H-pyrrole nitrogens is 1. The average Bonchev–Trinajstić information content (AvgIpc) is 2.80. The van der Waals surface area contributed by atoms with E-state index in [0.29, 0.717) is 22.2 Å². The first kappa shape index (κ1) is 22.6. The number of aromatic nitrogens is 1. The number of benzene rings is 3. The summed E-state index contributed by atoms with van der Waals surface area (Å²) in [6.45, 7) is -0.366. The minimum Gasteiger partial charge on any atom is -0.497 e. The molecule has 0 amide bonds. The normalized spacial score (nSPS) is 11.8. The molecule has 0 unspecified atom stereocenters. The van der Waals surface area contributed by atoms with E-state index in [1.165, 1.54) is 31.4 Å². The van der Waals surface area contributed by atoms with Crippen LogP contribution in [0.4, 0.5) is 8.78 Å². The number of methoxy groups -OCH3 is 1. The van der Waals surface area contributed by atoms with Crippen molar-refractivity contribution in [2.45, 2.75) is 18.0 Å². The molecule has 0 saturated carbocycles. The highest BCUT2D eigenvalue weighted by atomic mass is 32.2. The molecule has 0 radical (unpaired) electrons. The zero-order valence-electron chi connectivity index (χ0n) is 17.6. The molecule has 6 nitrogen and oxygen atoms in total. The van der Waals surface area contributed by atoms with Gasteiger partial charge in [-0.25, -0.2) is 17.2 Å². The number of pyridine rings is 1. The predicted octanol–water partition coefficient (Wildman–Crippen LogP) is 4.21. The molecule has 0 atom stereocenters. The second kappa shape index (κ2) is 9.13. The van der Waals surface area contributed by atoms with Gasteiger partial charge in [0, 0.05) is 29.6 Å². The molecule has 1 aromatic heterocycles. The Morgan fingerprint density at radius 2 is 1.52 bits per heavy atom. The van der Waals surface area contributed by atoms with Crippen molar-refractivity contribution in [3.8, 4) is 5.75 Å². The quantitative estimate of drug-likeness (QED) is 0.439. The van der Waals surface area contributed by atoms with Crippen molar-refractivity contribution >= 4 is 20.9 Å². The van der Waals surface area contributed by atoms with Crippen LogP contribution < -0.4 is 10.3 Å². The molecule has 1 N–H and O–H groups in total. The molecular formula is C24H20F2N2O4S. The molecule has 0 spiro atoms. The lowest BCUT2D eigenvalue weighted by Crippen LogP contribution is -2.32. The summed E-state index contributed by atoms with van der Waals surface area (Å²) in [4.78, 5) is 15.4. The fourth-order valence-electron chi connectivity index (χ4n) is 3.44. The van der Waals surface area contributed by atoms with Gasteiger partial charge in [-0.05, 0) is 66.2 Å². The smallest absolute Gasteiger partial charge is 0.252 e. The number of hydrogen-bond acceptors (Lipinski definition) is 4. The third kappa shape index (κ3) is 4.94. The average molecular weight is 470 g/mol. The lowest BCUT2D eigenvalue weighted by Gasteiger charge is -2.22. The van der Waals surface area contributed by atoms with Gasteiger partial charge in [-0.1, -0.05) is 12.1 Å². The van der Waals surface area contributed by atoms with E-state index in [4.69, 9.17) is 4.74 Å². The van der Waals surface area contributed by atoms with E-state index in [2.05, 4.69) is 4.98 Å². The van der Waals surface area contributed by atoms with Crippen LogP contribution in [0.25, 0.3) is 10.9 Å². The molecule has 1 heterocycles. The van der Waals surface area contributed by atoms with E-state index in [-0.39, 0.29) is 23.5 Å². The number of nitrogens with one attached hydrogen (secondary N) is 1. The monoisotopic (exact) mass is 470 g/mol. The van der Waals surface area contributed by atoms with Crippen LogP contribution in [-0.2, 0) is 23.1 Å². The van der Waals surface area contributed by atoms with Crippen LogP contribution in [0.5, 0.6) is 5.75 Å². The summed E-state index contributed by atoms with van der Waals surface area (Å²) in [5, 5.41) is 0.671. The molecule has 0 bridgehead atoms. The van der Waals surface area contributed by atoms with Crippen LogP contribution in [0.3, 0.4) is 0 Å². The maximum atomic E-state index is 13.4. The summed E-state index contributed by atoms with van der Waals surface area (Å²) in [5.41, 5.74) is 0.881. The second-order valence-corrected chi connectivity index (χ2v) is 9.37. The van der Waals surface area contributed by atoms with Gasteiger partial charge in [0.1, 0.15) is 17.4 Å². The SMILES string of the molecule is COc1ccc2[nH]c(=O)c(CN(Cc3ccc(F)cc3)S(=O)(=O)c3ccc(F)cc3)cc2c1. The number of fused-ring (bicyclic) bond motifs is 1. The lowest BCUT2D eigenvalue weighted by molar-refractivity contribution is 0.399. The topological polar surface area (TPSA) is 79.5 Å². The molecule has 3 aromatic carbocycles. The van der Waals surface area contributed by atoms with Crippen LogP contribution in [0, 0.1) is 11.6 Å². The Hall–Kier alpha value is -3.56. The van der Waals surface area contributed by atoms with Gasteiger partial charge in [0.25, 0.3) is 5.56 Å². The molecule has 0 aliphatic rings. The lowest BCUT2D eigenvalue weighted by atomic mass is 10.1. The maximum Gasteiger partial charge on any atom is 0.252 e.